The topological polar surface area (TPSA) is 84.1 Å². The van der Waals surface area contributed by atoms with Crippen LogP contribution in [-0.4, -0.2) is 35.0 Å². The summed E-state index contributed by atoms with van der Waals surface area (Å²) >= 11 is 0. The van der Waals surface area contributed by atoms with Gasteiger partial charge in [-0.2, -0.15) is 0 Å². The Morgan fingerprint density at radius 1 is 1.17 bits per heavy atom. The van der Waals surface area contributed by atoms with Crippen molar-refractivity contribution in [3.63, 3.8) is 0 Å². The number of halogens is 2. The van der Waals surface area contributed by atoms with Crippen LogP contribution in [0.5, 0.6) is 0 Å². The standard InChI is InChI=1S/C16H17F2N5O/c17-13-11(15(19)24)2-3-12(14(13)18)23-8-4-10(5-9-23)22-16-20-6-1-7-21-16/h1-3,6-7,10H,4-5,8-9H2,(H2,19,24)(H,20,21,22). The van der Waals surface area contributed by atoms with Gasteiger partial charge in [-0.05, 0) is 31.0 Å². The zero-order valence-corrected chi connectivity index (χ0v) is 12.9. The van der Waals surface area contributed by atoms with E-state index in [1.807, 2.05) is 0 Å². The SMILES string of the molecule is NC(=O)c1ccc(N2CCC(Nc3ncccn3)CC2)c(F)c1F. The number of benzene rings is 1. The summed E-state index contributed by atoms with van der Waals surface area (Å²) in [5, 5.41) is 3.22. The summed E-state index contributed by atoms with van der Waals surface area (Å²) < 4.78 is 28.1. The van der Waals surface area contributed by atoms with E-state index in [4.69, 9.17) is 5.73 Å². The first kappa shape index (κ1) is 16.1. The number of anilines is 2. The Kier molecular flexibility index (Phi) is 4.54. The minimum atomic E-state index is -1.20. The largest absolute Gasteiger partial charge is 0.369 e. The highest BCUT2D eigenvalue weighted by molar-refractivity contribution is 5.93. The smallest absolute Gasteiger partial charge is 0.251 e. The number of carbonyl (C=O) groups is 1. The number of hydrogen-bond acceptors (Lipinski definition) is 5. The quantitative estimate of drug-likeness (QED) is 0.893. The third-order valence-corrected chi connectivity index (χ3v) is 4.06. The Bertz CT molecular complexity index is 733. The second kappa shape index (κ2) is 6.77. The highest BCUT2D eigenvalue weighted by Crippen LogP contribution is 2.27. The molecular formula is C16H17F2N5O. The van der Waals surface area contributed by atoms with Crippen molar-refractivity contribution in [2.24, 2.45) is 5.73 Å². The molecule has 24 heavy (non-hydrogen) atoms. The van der Waals surface area contributed by atoms with Gasteiger partial charge < -0.3 is 16.0 Å². The summed E-state index contributed by atoms with van der Waals surface area (Å²) in [6.45, 7) is 1.10. The van der Waals surface area contributed by atoms with E-state index in [9.17, 15) is 13.6 Å². The Labute approximate surface area is 137 Å². The first-order valence-electron chi connectivity index (χ1n) is 7.62. The molecule has 2 heterocycles. The predicted molar refractivity (Wildman–Crippen MR) is 85.8 cm³/mol. The van der Waals surface area contributed by atoms with Crippen molar-refractivity contribution in [1.82, 2.24) is 9.97 Å². The Morgan fingerprint density at radius 3 is 2.46 bits per heavy atom. The molecule has 8 heteroatoms. The minimum Gasteiger partial charge on any atom is -0.369 e. The maximum Gasteiger partial charge on any atom is 0.251 e. The van der Waals surface area contributed by atoms with Crippen LogP contribution in [0.2, 0.25) is 0 Å². The molecule has 3 rings (SSSR count). The van der Waals surface area contributed by atoms with Crippen molar-refractivity contribution in [3.05, 3.63) is 47.8 Å². The second-order valence-electron chi connectivity index (χ2n) is 5.60. The molecule has 0 aliphatic carbocycles. The molecular weight excluding hydrogens is 316 g/mol. The van der Waals surface area contributed by atoms with Gasteiger partial charge in [0.25, 0.3) is 5.91 Å². The molecule has 1 fully saturated rings. The number of nitrogens with one attached hydrogen (secondary N) is 1. The first-order valence-corrected chi connectivity index (χ1v) is 7.62. The molecule has 126 valence electrons. The highest BCUT2D eigenvalue weighted by Gasteiger charge is 2.24. The van der Waals surface area contributed by atoms with Gasteiger partial charge in [0.1, 0.15) is 0 Å². The van der Waals surface area contributed by atoms with Crippen LogP contribution in [0.15, 0.2) is 30.6 Å². The van der Waals surface area contributed by atoms with Gasteiger partial charge in [0.2, 0.25) is 5.95 Å². The van der Waals surface area contributed by atoms with Crippen LogP contribution in [-0.2, 0) is 0 Å². The molecule has 0 bridgehead atoms. The molecule has 1 aliphatic heterocycles. The fourth-order valence-corrected chi connectivity index (χ4v) is 2.79. The molecule has 0 spiro atoms. The fraction of sp³-hybridized carbons (Fsp3) is 0.312. The summed E-state index contributed by atoms with van der Waals surface area (Å²) in [5.74, 6) is -2.66. The lowest BCUT2D eigenvalue weighted by atomic mass is 10.0. The zero-order chi connectivity index (χ0) is 17.1. The fourth-order valence-electron chi connectivity index (χ4n) is 2.79. The number of carbonyl (C=O) groups excluding carboxylic acids is 1. The van der Waals surface area contributed by atoms with E-state index in [0.29, 0.717) is 19.0 Å². The van der Waals surface area contributed by atoms with Gasteiger partial charge in [-0.25, -0.2) is 18.7 Å². The van der Waals surface area contributed by atoms with E-state index in [2.05, 4.69) is 15.3 Å². The molecule has 1 saturated heterocycles. The average molecular weight is 333 g/mol. The summed E-state index contributed by atoms with van der Waals surface area (Å²) in [6.07, 6.45) is 4.78. The van der Waals surface area contributed by atoms with Gasteiger partial charge in [-0.1, -0.05) is 0 Å². The lowest BCUT2D eigenvalue weighted by Gasteiger charge is -2.34. The molecule has 0 saturated carbocycles. The van der Waals surface area contributed by atoms with E-state index in [1.165, 1.54) is 12.1 Å². The van der Waals surface area contributed by atoms with Crippen LogP contribution in [0.4, 0.5) is 20.4 Å². The van der Waals surface area contributed by atoms with Crippen LogP contribution < -0.4 is 16.0 Å². The van der Waals surface area contributed by atoms with Crippen LogP contribution in [0.1, 0.15) is 23.2 Å². The van der Waals surface area contributed by atoms with Gasteiger partial charge >= 0.3 is 0 Å². The van der Waals surface area contributed by atoms with E-state index >= 15 is 0 Å². The summed E-state index contributed by atoms with van der Waals surface area (Å²) in [4.78, 5) is 21.0. The minimum absolute atomic E-state index is 0.145. The molecule has 1 aromatic heterocycles. The van der Waals surface area contributed by atoms with Gasteiger partial charge in [0, 0.05) is 31.5 Å². The zero-order valence-electron chi connectivity index (χ0n) is 12.9. The molecule has 0 unspecified atom stereocenters. The van der Waals surface area contributed by atoms with Gasteiger partial charge in [-0.15, -0.1) is 0 Å². The number of amides is 1. The normalized spacial score (nSPS) is 15.3. The van der Waals surface area contributed by atoms with Crippen LogP contribution in [0.3, 0.4) is 0 Å². The van der Waals surface area contributed by atoms with E-state index in [1.54, 1.807) is 23.4 Å². The maximum absolute atomic E-state index is 14.2. The number of rotatable bonds is 4. The number of piperidine rings is 1. The van der Waals surface area contributed by atoms with Crippen molar-refractivity contribution in [3.8, 4) is 0 Å². The number of nitrogens with two attached hydrogens (primary N) is 1. The van der Waals surface area contributed by atoms with Crippen molar-refractivity contribution in [2.75, 3.05) is 23.3 Å². The Balaban J connectivity index is 1.67. The van der Waals surface area contributed by atoms with Crippen LogP contribution >= 0.6 is 0 Å². The van der Waals surface area contributed by atoms with Gasteiger partial charge in [-0.3, -0.25) is 4.79 Å². The number of nitrogens with zero attached hydrogens (tertiary/aromatic N) is 3. The second-order valence-corrected chi connectivity index (χ2v) is 5.60. The number of primary amides is 1. The predicted octanol–water partition coefficient (Wildman–Crippen LogP) is 1.93. The molecule has 6 nitrogen and oxygen atoms in total. The van der Waals surface area contributed by atoms with Crippen LogP contribution in [0.25, 0.3) is 0 Å². The van der Waals surface area contributed by atoms with Crippen molar-refractivity contribution in [2.45, 2.75) is 18.9 Å². The summed E-state index contributed by atoms with van der Waals surface area (Å²) in [5.41, 5.74) is 4.73. The van der Waals surface area contributed by atoms with E-state index in [0.717, 1.165) is 12.8 Å². The van der Waals surface area contributed by atoms with Crippen LogP contribution in [0, 0.1) is 11.6 Å². The Morgan fingerprint density at radius 2 is 1.83 bits per heavy atom. The van der Waals surface area contributed by atoms with Crippen molar-refractivity contribution < 1.29 is 13.6 Å². The highest BCUT2D eigenvalue weighted by atomic mass is 19.2. The molecule has 1 aromatic carbocycles. The molecule has 3 N–H and O–H groups in total. The number of hydrogen-bond donors (Lipinski definition) is 2. The van der Waals surface area contributed by atoms with E-state index < -0.39 is 23.1 Å². The third-order valence-electron chi connectivity index (χ3n) is 4.06. The van der Waals surface area contributed by atoms with Crippen molar-refractivity contribution >= 4 is 17.5 Å². The van der Waals surface area contributed by atoms with Crippen molar-refractivity contribution in [1.29, 1.82) is 0 Å². The summed E-state index contributed by atoms with van der Waals surface area (Å²) in [6, 6.07) is 4.52. The maximum atomic E-state index is 14.2. The molecule has 2 aromatic rings. The monoisotopic (exact) mass is 333 g/mol. The molecule has 1 aliphatic rings. The van der Waals surface area contributed by atoms with E-state index in [-0.39, 0.29) is 11.7 Å². The lowest BCUT2D eigenvalue weighted by Crippen LogP contribution is -2.40. The Hall–Kier alpha value is -2.77. The average Bonchev–Trinajstić information content (AvgIpc) is 2.59. The van der Waals surface area contributed by atoms with Gasteiger partial charge in [0.05, 0.1) is 11.3 Å². The molecule has 0 atom stereocenters. The summed E-state index contributed by atoms with van der Waals surface area (Å²) in [7, 11) is 0. The third kappa shape index (κ3) is 3.27. The lowest BCUT2D eigenvalue weighted by molar-refractivity contribution is 0.0995. The molecule has 1 amide bonds. The number of aromatic nitrogens is 2. The first-order chi connectivity index (χ1) is 11.6. The van der Waals surface area contributed by atoms with Gasteiger partial charge in [0.15, 0.2) is 11.6 Å². The molecule has 0 radical (unpaired) electrons.